The molecule has 0 fully saturated rings. The first-order chi connectivity index (χ1) is 38.0. The lowest BCUT2D eigenvalue weighted by molar-refractivity contribution is -0.192. The van der Waals surface area contributed by atoms with Gasteiger partial charge in [-0.2, -0.15) is 33.6 Å². The van der Waals surface area contributed by atoms with Crippen molar-refractivity contribution in [3.63, 3.8) is 0 Å². The molecule has 6 N–H and O–H groups in total. The van der Waals surface area contributed by atoms with Crippen LogP contribution in [0.25, 0.3) is 21.5 Å². The van der Waals surface area contributed by atoms with Crippen LogP contribution in [0, 0.1) is 0 Å². The topological polar surface area (TPSA) is 280 Å². The molecule has 0 aliphatic carbocycles. The highest BCUT2D eigenvalue weighted by Crippen LogP contribution is 2.32. The molecule has 4 amide bonds. The number of nitrogens with zero attached hydrogens (tertiary/aromatic N) is 7. The number of aliphatic hydroxyl groups excluding tert-OH is 2. The quantitative estimate of drug-likeness (QED) is 0.0349. The maximum absolute atomic E-state index is 13.4. The summed E-state index contributed by atoms with van der Waals surface area (Å²) in [6, 6.07) is 27.4. The molecule has 2 aliphatic rings. The molecule has 0 spiro atoms. The van der Waals surface area contributed by atoms with E-state index in [0.29, 0.717) is 51.2 Å². The molecule has 0 bridgehead atoms. The third kappa shape index (κ3) is 25.4. The van der Waals surface area contributed by atoms with Crippen LogP contribution in [0.4, 0.5) is 22.8 Å². The number of aliphatic hydroxyl groups is 2. The van der Waals surface area contributed by atoms with Crippen molar-refractivity contribution in [1.29, 1.82) is 0 Å². The van der Waals surface area contributed by atoms with Crippen LogP contribution in [0.15, 0.2) is 105 Å². The summed E-state index contributed by atoms with van der Waals surface area (Å²) in [6.07, 6.45) is -4.08. The second-order valence-corrected chi connectivity index (χ2v) is 21.9. The number of aliphatic carboxylic acids is 1. The average Bonchev–Trinajstić information content (AvgIpc) is 4.39. The van der Waals surface area contributed by atoms with Crippen molar-refractivity contribution in [2.24, 2.45) is 26.2 Å². The van der Waals surface area contributed by atoms with Gasteiger partial charge < -0.3 is 60.0 Å². The predicted molar refractivity (Wildman–Crippen MR) is 298 cm³/mol. The van der Waals surface area contributed by atoms with Gasteiger partial charge in [0.05, 0.1) is 12.6 Å². The molecule has 0 aromatic heterocycles. The van der Waals surface area contributed by atoms with Crippen molar-refractivity contribution >= 4 is 51.5 Å². The number of unbranched alkanes of at least 4 members (excludes halogenated alkanes) is 1. The van der Waals surface area contributed by atoms with E-state index in [1.54, 1.807) is 51.3 Å². The number of carboxylic acid groups (broad SMARTS) is 1. The van der Waals surface area contributed by atoms with Gasteiger partial charge in [0.2, 0.25) is 11.8 Å². The Morgan fingerprint density at radius 2 is 1.07 bits per heavy atom. The van der Waals surface area contributed by atoms with E-state index in [9.17, 15) is 42.6 Å². The van der Waals surface area contributed by atoms with E-state index in [-0.39, 0.29) is 63.3 Å². The molecular formula is C57H80F3N9O12. The highest BCUT2D eigenvalue weighted by Gasteiger charge is 2.38. The molecule has 4 aromatic rings. The smallest absolute Gasteiger partial charge is 0.490 e. The van der Waals surface area contributed by atoms with E-state index in [1.165, 1.54) is 4.90 Å². The second kappa shape index (κ2) is 30.6. The number of rotatable bonds is 27. The number of benzene rings is 4. The van der Waals surface area contributed by atoms with Crippen LogP contribution in [-0.2, 0) is 23.9 Å². The number of carboxylic acids is 1. The van der Waals surface area contributed by atoms with Gasteiger partial charge in [0, 0.05) is 82.3 Å². The van der Waals surface area contributed by atoms with Gasteiger partial charge in [-0.05, 0) is 91.1 Å². The van der Waals surface area contributed by atoms with Crippen LogP contribution < -0.4 is 20.5 Å². The summed E-state index contributed by atoms with van der Waals surface area (Å²) in [7, 11) is 0. The van der Waals surface area contributed by atoms with Crippen molar-refractivity contribution in [3.05, 3.63) is 84.9 Å². The Hall–Kier alpha value is -7.18. The number of amides is 4. The molecule has 0 saturated carbocycles. The molecule has 2 atom stereocenters. The van der Waals surface area contributed by atoms with Crippen molar-refractivity contribution < 1.29 is 71.4 Å². The average molecular weight is 1140 g/mol. The van der Waals surface area contributed by atoms with E-state index in [0.717, 1.165) is 46.6 Å². The molecule has 0 saturated heterocycles. The minimum Gasteiger partial charge on any atom is -0.490 e. The maximum atomic E-state index is 13.4. The number of ether oxygens (including phenoxy) is 4. The van der Waals surface area contributed by atoms with Gasteiger partial charge in [0.1, 0.15) is 42.0 Å². The highest BCUT2D eigenvalue weighted by molar-refractivity contribution is 5.89. The number of nitrogens with two attached hydrogens (primary N) is 1. The number of halogens is 3. The highest BCUT2D eigenvalue weighted by atomic mass is 19.4. The molecular weight excluding hydrogens is 1060 g/mol. The normalized spacial score (nSPS) is 14.4. The first-order valence-electron chi connectivity index (χ1n) is 26.9. The van der Waals surface area contributed by atoms with Gasteiger partial charge in [-0.3, -0.25) is 9.59 Å². The number of hydrogen-bond donors (Lipinski definition) is 5. The van der Waals surface area contributed by atoms with E-state index in [4.69, 9.17) is 34.6 Å². The molecule has 0 radical (unpaired) electrons. The third-order valence-corrected chi connectivity index (χ3v) is 12.2. The number of alkyl carbamates (subject to hydrolysis) is 1. The Kier molecular flexibility index (Phi) is 25.0. The Morgan fingerprint density at radius 1 is 0.617 bits per heavy atom. The molecule has 446 valence electrons. The van der Waals surface area contributed by atoms with E-state index in [2.05, 4.69) is 25.8 Å². The minimum atomic E-state index is -5.08. The molecule has 2 aliphatic heterocycles. The first-order valence-corrected chi connectivity index (χ1v) is 26.9. The predicted octanol–water partition coefficient (Wildman–Crippen LogP) is 9.26. The number of carbonyl (C=O) groups is 5. The summed E-state index contributed by atoms with van der Waals surface area (Å²) in [5.41, 5.74) is 3.43. The van der Waals surface area contributed by atoms with Crippen LogP contribution >= 0.6 is 0 Å². The van der Waals surface area contributed by atoms with Crippen molar-refractivity contribution in [2.45, 2.75) is 141 Å². The maximum Gasteiger partial charge on any atom is 0.490 e. The Morgan fingerprint density at radius 3 is 1.54 bits per heavy atom. The van der Waals surface area contributed by atoms with Gasteiger partial charge in [-0.1, -0.05) is 79.2 Å². The first kappa shape index (κ1) is 66.3. The van der Waals surface area contributed by atoms with Crippen LogP contribution in [0.3, 0.4) is 0 Å². The standard InChI is InChI=1S/C32H47N5O7.C23H32N4O3.C2HF3O2/c1-30(2,3)43-28(40)33-17-20-36(19-16-32(7)34-35-32)27(39)15-18-37(29(41)44-31(4,5)6)21-24(38)22-42-26-14-10-12-23-11-8-9-13-25(23)26;1-23(25-26-23)13-15-27(16-14-24)22(29)12-5-3-9-19(28)17-30-21-11-6-8-18-7-2-4-10-20(18)21;3-2(4,5)1(6)7/h8-14,24,38H,15-22H2,1-7H3,(H,33,40);2,4,6-8,10-11,19,28H,3,5,9,12-17,24H2,1H3;(H,6,7)/t24-;19-;/m00./s1. The molecule has 2 heterocycles. The Bertz CT molecular complexity index is 2730. The van der Waals surface area contributed by atoms with Crippen molar-refractivity contribution in [3.8, 4) is 11.5 Å². The van der Waals surface area contributed by atoms with Crippen LogP contribution in [-0.4, -0.2) is 166 Å². The third-order valence-electron chi connectivity index (χ3n) is 12.2. The summed E-state index contributed by atoms with van der Waals surface area (Å²) in [5, 5.41) is 51.0. The van der Waals surface area contributed by atoms with E-state index < -0.39 is 53.4 Å². The largest absolute Gasteiger partial charge is 0.490 e. The summed E-state index contributed by atoms with van der Waals surface area (Å²) >= 11 is 0. The molecule has 81 heavy (non-hydrogen) atoms. The summed E-state index contributed by atoms with van der Waals surface area (Å²) in [5.74, 6) is -1.48. The lowest BCUT2D eigenvalue weighted by atomic mass is 10.1. The second-order valence-electron chi connectivity index (χ2n) is 21.9. The molecule has 24 heteroatoms. The Labute approximate surface area is 471 Å². The monoisotopic (exact) mass is 1140 g/mol. The zero-order valence-electron chi connectivity index (χ0n) is 47.6. The van der Waals surface area contributed by atoms with E-state index >= 15 is 0 Å². The van der Waals surface area contributed by atoms with Crippen LogP contribution in [0.5, 0.6) is 11.5 Å². The fraction of sp³-hybridized carbons (Fsp3) is 0.561. The van der Waals surface area contributed by atoms with E-state index in [1.807, 2.05) is 98.8 Å². The van der Waals surface area contributed by atoms with Gasteiger partial charge in [-0.15, -0.1) is 0 Å². The fourth-order valence-corrected chi connectivity index (χ4v) is 7.74. The Balaban J connectivity index is 0.000000328. The number of carbonyl (C=O) groups excluding carboxylic acids is 4. The number of nitrogens with one attached hydrogen (secondary N) is 1. The number of fused-ring (bicyclic) bond motifs is 2. The number of hydrogen-bond acceptors (Lipinski definition) is 16. The zero-order valence-corrected chi connectivity index (χ0v) is 47.6. The lowest BCUT2D eigenvalue weighted by Crippen LogP contribution is -2.45. The van der Waals surface area contributed by atoms with Crippen molar-refractivity contribution in [2.75, 3.05) is 65.6 Å². The molecule has 6 rings (SSSR count). The molecule has 0 unspecified atom stereocenters. The van der Waals surface area contributed by atoms with Gasteiger partial charge in [-0.25, -0.2) is 14.4 Å². The van der Waals surface area contributed by atoms with Gasteiger partial charge in [0.15, 0.2) is 11.3 Å². The molecule has 4 aromatic carbocycles. The minimum absolute atomic E-state index is 0.0150. The van der Waals surface area contributed by atoms with Gasteiger partial charge >= 0.3 is 24.3 Å². The summed E-state index contributed by atoms with van der Waals surface area (Å²) in [6.45, 7) is 16.9. The SMILES string of the molecule is CC1(CCN(CCN)C(=O)CCCC[C@H](O)COc2cccc3ccccc23)N=N1.CC1(CCN(CCNC(=O)OC(C)(C)C)C(=O)CCN(C[C@H](O)COc2cccc3ccccc23)C(=O)OC(C)(C)C)N=N1.O=C(O)C(F)(F)F. The summed E-state index contributed by atoms with van der Waals surface area (Å²) in [4.78, 5) is 64.7. The van der Waals surface area contributed by atoms with Crippen LogP contribution in [0.1, 0.15) is 100 Å². The molecule has 21 nitrogen and oxygen atoms in total. The van der Waals surface area contributed by atoms with Crippen molar-refractivity contribution in [1.82, 2.24) is 20.0 Å². The fourth-order valence-electron chi connectivity index (χ4n) is 7.74. The lowest BCUT2D eigenvalue weighted by Gasteiger charge is -2.30. The van der Waals surface area contributed by atoms with Crippen LogP contribution in [0.2, 0.25) is 0 Å². The summed E-state index contributed by atoms with van der Waals surface area (Å²) < 4.78 is 54.4. The zero-order chi connectivity index (χ0) is 60.0. The number of alkyl halides is 3. The van der Waals surface area contributed by atoms with Gasteiger partial charge in [0.25, 0.3) is 0 Å².